The van der Waals surface area contributed by atoms with E-state index in [2.05, 4.69) is 16.3 Å². The molecular weight excluding hydrogens is 280 g/mol. The summed E-state index contributed by atoms with van der Waals surface area (Å²) in [6.07, 6.45) is 4.30. The third-order valence-corrected chi connectivity index (χ3v) is 4.61. The number of para-hydroxylation sites is 1. The van der Waals surface area contributed by atoms with Crippen molar-refractivity contribution >= 4 is 5.91 Å². The summed E-state index contributed by atoms with van der Waals surface area (Å²) in [5.41, 5.74) is 1.11. The second-order valence-electron chi connectivity index (χ2n) is 6.35. The predicted molar refractivity (Wildman–Crippen MR) is 82.0 cm³/mol. The third-order valence-electron chi connectivity index (χ3n) is 4.61. The Morgan fingerprint density at radius 1 is 1.23 bits per heavy atom. The lowest BCUT2D eigenvalue weighted by Crippen LogP contribution is -2.43. The molecule has 1 aromatic carbocycles. The van der Waals surface area contributed by atoms with E-state index in [1.807, 2.05) is 12.1 Å². The summed E-state index contributed by atoms with van der Waals surface area (Å²) in [5, 5.41) is 3.14. The van der Waals surface area contributed by atoms with Gasteiger partial charge in [-0.25, -0.2) is 0 Å². The van der Waals surface area contributed by atoms with Crippen LogP contribution in [0.3, 0.4) is 0 Å². The highest BCUT2D eigenvalue weighted by Crippen LogP contribution is 2.35. The topological polar surface area (TPSA) is 50.8 Å². The van der Waals surface area contributed by atoms with Crippen LogP contribution in [0.25, 0.3) is 0 Å². The van der Waals surface area contributed by atoms with Crippen LogP contribution in [-0.2, 0) is 11.3 Å². The molecule has 2 heterocycles. The van der Waals surface area contributed by atoms with E-state index in [0.717, 1.165) is 55.8 Å². The summed E-state index contributed by atoms with van der Waals surface area (Å²) in [7, 11) is 0. The van der Waals surface area contributed by atoms with Crippen LogP contribution in [0.5, 0.6) is 11.5 Å². The Kier molecular flexibility index (Phi) is 3.66. The van der Waals surface area contributed by atoms with Gasteiger partial charge < -0.3 is 14.8 Å². The first-order valence-electron chi connectivity index (χ1n) is 8.23. The van der Waals surface area contributed by atoms with Gasteiger partial charge in [0.25, 0.3) is 0 Å². The summed E-state index contributed by atoms with van der Waals surface area (Å²) in [6, 6.07) is 6.44. The van der Waals surface area contributed by atoms with Crippen molar-refractivity contribution in [3.63, 3.8) is 0 Å². The van der Waals surface area contributed by atoms with Crippen LogP contribution < -0.4 is 14.8 Å². The molecule has 1 N–H and O–H groups in total. The molecule has 22 heavy (non-hydrogen) atoms. The van der Waals surface area contributed by atoms with Crippen LogP contribution in [-0.4, -0.2) is 42.6 Å². The van der Waals surface area contributed by atoms with Gasteiger partial charge in [-0.05, 0) is 38.3 Å². The molecule has 0 bridgehead atoms. The maximum Gasteiger partial charge on any atom is 0.237 e. The minimum absolute atomic E-state index is 0.000894. The van der Waals surface area contributed by atoms with Crippen molar-refractivity contribution in [1.82, 2.24) is 10.2 Å². The largest absolute Gasteiger partial charge is 0.486 e. The van der Waals surface area contributed by atoms with Crippen molar-refractivity contribution in [2.24, 2.45) is 0 Å². The number of benzene rings is 1. The fourth-order valence-corrected chi connectivity index (χ4v) is 3.31. The van der Waals surface area contributed by atoms with Gasteiger partial charge in [-0.2, -0.15) is 0 Å². The third kappa shape index (κ3) is 2.77. The Morgan fingerprint density at radius 2 is 2.09 bits per heavy atom. The molecule has 1 amide bonds. The molecule has 1 aliphatic carbocycles. The molecule has 1 saturated heterocycles. The molecule has 3 aliphatic rings. The molecule has 1 saturated carbocycles. The Hall–Kier alpha value is -1.75. The summed E-state index contributed by atoms with van der Waals surface area (Å²) in [5.74, 6) is 1.87. The minimum Gasteiger partial charge on any atom is -0.486 e. The van der Waals surface area contributed by atoms with Crippen molar-refractivity contribution in [2.45, 2.75) is 44.3 Å². The standard InChI is InChI=1S/C17H22N2O3/c20-17(18-13-6-7-13)14-4-2-8-19(14)11-12-3-1-5-15-16(12)22-10-9-21-15/h1,3,5,13-14H,2,4,6-11H2,(H,18,20)/t14-/m1/s1. The fourth-order valence-electron chi connectivity index (χ4n) is 3.31. The highest BCUT2D eigenvalue weighted by molar-refractivity contribution is 5.82. The number of nitrogens with zero attached hydrogens (tertiary/aromatic N) is 1. The number of carbonyl (C=O) groups excluding carboxylic acids is 1. The van der Waals surface area contributed by atoms with Gasteiger partial charge in [0.1, 0.15) is 13.2 Å². The molecule has 2 fully saturated rings. The predicted octanol–water partition coefficient (Wildman–Crippen LogP) is 1.70. The molecule has 5 heteroatoms. The minimum atomic E-state index is 0.000894. The van der Waals surface area contributed by atoms with Crippen molar-refractivity contribution in [1.29, 1.82) is 0 Å². The number of carbonyl (C=O) groups is 1. The number of nitrogens with one attached hydrogen (secondary N) is 1. The van der Waals surface area contributed by atoms with Crippen LogP contribution in [0.4, 0.5) is 0 Å². The maximum atomic E-state index is 12.4. The molecule has 5 nitrogen and oxygen atoms in total. The van der Waals surface area contributed by atoms with Crippen LogP contribution in [0, 0.1) is 0 Å². The van der Waals surface area contributed by atoms with Crippen molar-refractivity contribution in [3.05, 3.63) is 23.8 Å². The second-order valence-corrected chi connectivity index (χ2v) is 6.35. The number of amides is 1. The molecule has 1 atom stereocenters. The molecule has 0 radical (unpaired) electrons. The highest BCUT2D eigenvalue weighted by Gasteiger charge is 2.34. The Morgan fingerprint density at radius 3 is 2.95 bits per heavy atom. The van der Waals surface area contributed by atoms with E-state index < -0.39 is 0 Å². The number of ether oxygens (including phenoxy) is 2. The summed E-state index contributed by atoms with van der Waals surface area (Å²) in [4.78, 5) is 14.6. The number of fused-ring (bicyclic) bond motifs is 1. The van der Waals surface area contributed by atoms with Crippen LogP contribution in [0.1, 0.15) is 31.2 Å². The number of rotatable bonds is 4. The van der Waals surface area contributed by atoms with Crippen LogP contribution >= 0.6 is 0 Å². The van der Waals surface area contributed by atoms with E-state index in [1.54, 1.807) is 0 Å². The van der Waals surface area contributed by atoms with E-state index >= 15 is 0 Å². The van der Waals surface area contributed by atoms with Crippen molar-refractivity contribution in [3.8, 4) is 11.5 Å². The smallest absolute Gasteiger partial charge is 0.237 e. The molecular formula is C17H22N2O3. The molecule has 0 spiro atoms. The zero-order valence-electron chi connectivity index (χ0n) is 12.7. The van der Waals surface area contributed by atoms with E-state index in [-0.39, 0.29) is 11.9 Å². The fraction of sp³-hybridized carbons (Fsp3) is 0.588. The van der Waals surface area contributed by atoms with Gasteiger partial charge in [0.05, 0.1) is 6.04 Å². The van der Waals surface area contributed by atoms with Gasteiger partial charge >= 0.3 is 0 Å². The van der Waals surface area contributed by atoms with E-state index in [1.165, 1.54) is 0 Å². The maximum absolute atomic E-state index is 12.4. The average molecular weight is 302 g/mol. The zero-order chi connectivity index (χ0) is 14.9. The van der Waals surface area contributed by atoms with Gasteiger partial charge in [-0.3, -0.25) is 9.69 Å². The number of likely N-dealkylation sites (tertiary alicyclic amines) is 1. The van der Waals surface area contributed by atoms with Gasteiger partial charge in [0.15, 0.2) is 11.5 Å². The SMILES string of the molecule is O=C(NC1CC1)[C@H]1CCCN1Cc1cccc2c1OCCO2. The molecule has 0 unspecified atom stereocenters. The highest BCUT2D eigenvalue weighted by atomic mass is 16.6. The first kappa shape index (κ1) is 13.9. The van der Waals surface area contributed by atoms with Gasteiger partial charge in [-0.15, -0.1) is 0 Å². The van der Waals surface area contributed by atoms with Crippen LogP contribution in [0.2, 0.25) is 0 Å². The monoisotopic (exact) mass is 302 g/mol. The van der Waals surface area contributed by atoms with E-state index in [0.29, 0.717) is 19.3 Å². The molecule has 4 rings (SSSR count). The van der Waals surface area contributed by atoms with E-state index in [4.69, 9.17) is 9.47 Å². The lowest BCUT2D eigenvalue weighted by molar-refractivity contribution is -0.125. The molecule has 1 aromatic rings. The summed E-state index contributed by atoms with van der Waals surface area (Å²) < 4.78 is 11.4. The van der Waals surface area contributed by atoms with Gasteiger partial charge in [0, 0.05) is 18.2 Å². The molecule has 2 aliphatic heterocycles. The summed E-state index contributed by atoms with van der Waals surface area (Å²) in [6.45, 7) is 2.91. The van der Waals surface area contributed by atoms with Gasteiger partial charge in [0.2, 0.25) is 5.91 Å². The lowest BCUT2D eigenvalue weighted by atomic mass is 10.1. The number of hydrogen-bond acceptors (Lipinski definition) is 4. The van der Waals surface area contributed by atoms with Crippen molar-refractivity contribution < 1.29 is 14.3 Å². The normalized spacial score (nSPS) is 24.3. The average Bonchev–Trinajstić information content (AvgIpc) is 3.23. The Bertz CT molecular complexity index is 571. The first-order valence-corrected chi connectivity index (χ1v) is 8.23. The van der Waals surface area contributed by atoms with Crippen LogP contribution in [0.15, 0.2) is 18.2 Å². The second kappa shape index (κ2) is 5.80. The van der Waals surface area contributed by atoms with Crippen molar-refractivity contribution in [2.75, 3.05) is 19.8 Å². The Balaban J connectivity index is 1.48. The quantitative estimate of drug-likeness (QED) is 0.920. The number of hydrogen-bond donors (Lipinski definition) is 1. The zero-order valence-corrected chi connectivity index (χ0v) is 12.7. The van der Waals surface area contributed by atoms with E-state index in [9.17, 15) is 4.79 Å². The molecule has 118 valence electrons. The van der Waals surface area contributed by atoms with Gasteiger partial charge in [-0.1, -0.05) is 12.1 Å². The first-order chi connectivity index (χ1) is 10.8. The summed E-state index contributed by atoms with van der Waals surface area (Å²) >= 11 is 0. The molecule has 0 aromatic heterocycles. The lowest BCUT2D eigenvalue weighted by Gasteiger charge is -2.26. The Labute approximate surface area is 130 Å².